The molecule has 5 aromatic rings. The summed E-state index contributed by atoms with van der Waals surface area (Å²) in [6.45, 7) is 15.0. The maximum Gasteiger partial charge on any atom is 0.159 e. The Bertz CT molecular complexity index is 2610. The summed E-state index contributed by atoms with van der Waals surface area (Å²) in [5, 5.41) is 3.16. The summed E-state index contributed by atoms with van der Waals surface area (Å²) in [6, 6.07) is 25.9. The summed E-state index contributed by atoms with van der Waals surface area (Å²) >= 11 is 2.42. The van der Waals surface area contributed by atoms with Gasteiger partial charge in [-0.1, -0.05) is 75.9 Å². The van der Waals surface area contributed by atoms with Crippen molar-refractivity contribution < 1.29 is 19.3 Å². The van der Waals surface area contributed by atoms with Gasteiger partial charge in [0.05, 0.1) is 36.6 Å². The van der Waals surface area contributed by atoms with Gasteiger partial charge in [-0.15, -0.1) is 0 Å². The number of piperidine rings is 1. The number of aldehydes is 1. The second kappa shape index (κ2) is 28.8. The van der Waals surface area contributed by atoms with E-state index >= 15 is 0 Å². The first-order valence-electron chi connectivity index (χ1n) is 26.1. The summed E-state index contributed by atoms with van der Waals surface area (Å²) < 4.78 is 4.49. The smallest absolute Gasteiger partial charge is 0.159 e. The fraction of sp³-hybridized carbons (Fsp3) is 0.474. The minimum Gasteiger partial charge on any atom is -0.404 e. The number of anilines is 3. The van der Waals surface area contributed by atoms with E-state index in [-0.39, 0.29) is 18.1 Å². The first kappa shape index (κ1) is 57.5. The molecule has 14 nitrogen and oxygen atoms in total. The predicted octanol–water partition coefficient (Wildman–Crippen LogP) is 11.9. The third kappa shape index (κ3) is 15.0. The van der Waals surface area contributed by atoms with Crippen LogP contribution in [0.5, 0.6) is 0 Å². The van der Waals surface area contributed by atoms with Gasteiger partial charge in [-0.2, -0.15) is 0 Å². The molecule has 0 bridgehead atoms. The van der Waals surface area contributed by atoms with Gasteiger partial charge in [-0.25, -0.2) is 25.8 Å². The number of nitrogens with one attached hydrogen (secondary N) is 2. The molecule has 2 aromatic heterocycles. The molecule has 3 atom stereocenters. The highest BCUT2D eigenvalue weighted by atomic mass is 127. The van der Waals surface area contributed by atoms with Crippen molar-refractivity contribution in [1.82, 2.24) is 25.4 Å². The normalized spacial score (nSPS) is 16.7. The number of halogens is 1. The number of aryl methyl sites for hydroxylation is 1. The number of pyridine rings is 1. The van der Waals surface area contributed by atoms with E-state index < -0.39 is 0 Å². The topological polar surface area (TPSA) is 146 Å². The number of hydroxylamine groups is 2. The third-order valence-corrected chi connectivity index (χ3v) is 16.5. The highest BCUT2D eigenvalue weighted by Crippen LogP contribution is 2.41. The van der Waals surface area contributed by atoms with E-state index in [9.17, 15) is 9.59 Å². The first-order valence-corrected chi connectivity index (χ1v) is 30.1. The molecule has 3 aromatic carbocycles. The number of hydrogen-bond donors (Lipinski definition) is 3. The Morgan fingerprint density at radius 1 is 0.986 bits per heavy atom. The molecule has 8 rings (SSSR count). The van der Waals surface area contributed by atoms with Crippen LogP contribution in [-0.4, -0.2) is 85.8 Å². The molecular weight excluding hydrogens is 1050 g/mol. The number of aliphatic imine (C=N–C) groups is 1. The highest BCUT2D eigenvalue weighted by Gasteiger charge is 2.30. The lowest BCUT2D eigenvalue weighted by molar-refractivity contribution is -0.108. The lowest BCUT2D eigenvalue weighted by Gasteiger charge is -2.43. The molecule has 0 aliphatic carbocycles. The number of ketones is 1. The van der Waals surface area contributed by atoms with Gasteiger partial charge in [0.25, 0.3) is 0 Å². The van der Waals surface area contributed by atoms with Crippen LogP contribution in [0.4, 0.5) is 17.1 Å². The molecule has 5 heterocycles. The van der Waals surface area contributed by atoms with Gasteiger partial charge in [0.15, 0.2) is 12.0 Å². The van der Waals surface area contributed by atoms with Crippen molar-refractivity contribution in [1.29, 1.82) is 0 Å². The van der Waals surface area contributed by atoms with E-state index in [0.29, 0.717) is 18.7 Å². The van der Waals surface area contributed by atoms with Crippen LogP contribution in [0.2, 0.25) is 0 Å². The molecule has 394 valence electrons. The number of Topliss-reactive ketones (excluding diaryl/α,β-unsaturated/α-hetero) is 1. The number of hydrogen-bond acceptors (Lipinski definition) is 13. The number of hydrazine groups is 1. The number of nitrogens with zero attached hydrogens (tertiary/aromatic N) is 7. The Balaban J connectivity index is 0.000000225. The molecule has 3 aliphatic heterocycles. The van der Waals surface area contributed by atoms with Crippen LogP contribution in [0.25, 0.3) is 27.7 Å². The molecule has 0 spiro atoms. The van der Waals surface area contributed by atoms with Crippen LogP contribution in [0.1, 0.15) is 131 Å². The standard InChI is InChI=1S/C29H31IN5OP.C26H42N4O2.C2H7NO/c1-19(36)20-3-5-21(6-4-20)22-10-13-34(14-11-22)18-25-16-27-26(9-12-31-29(27)33(25)2)23-7-8-28-24(15-23)17-32-35(28)37-30;1-6-9-22(10-7-2)14-15-28-19-24(18-27)23-12-13-25-26(17-23)29(5)21(4)32-30(25)20(3)11-8-16-31;1-3-4-2/h3-9,12,15-16,22,32,37H,10-11,13-14,17-18H2,1-2H3;12-13,16-22H,6-11,14-15,27H2,1-5H3;3H,1-2H3/b;24-18+,28-19?;. The number of aromatic nitrogens is 2. The van der Waals surface area contributed by atoms with E-state index in [1.807, 2.05) is 43.6 Å². The number of nitrogens with two attached hydrogens (primary N) is 1. The van der Waals surface area contributed by atoms with Gasteiger partial charge in [-0.05, 0) is 158 Å². The van der Waals surface area contributed by atoms with Gasteiger partial charge >= 0.3 is 0 Å². The molecule has 1 saturated heterocycles. The SMILES string of the molecule is CC(=O)c1ccc(C2CCN(Cc3cc4c(-c5ccc6c(c5)CNN6PI)ccnc4n3C)CC2)cc1.CCCC(CCC)CCN=C/C(=C\N)c1ccc2c(c1)N(C)C(C)ON2C(C)CCC=O.CNOC. The first-order chi connectivity index (χ1) is 35.4. The molecule has 73 heavy (non-hydrogen) atoms. The quantitative estimate of drug-likeness (QED) is 0.0170. The number of allylic oxidation sites excluding steroid dienone is 1. The van der Waals surface area contributed by atoms with E-state index in [4.69, 9.17) is 20.5 Å². The van der Waals surface area contributed by atoms with Gasteiger partial charge in [0, 0.05) is 88.0 Å². The zero-order valence-corrected chi connectivity index (χ0v) is 47.8. The van der Waals surface area contributed by atoms with Crippen molar-refractivity contribution in [2.45, 2.75) is 124 Å². The van der Waals surface area contributed by atoms with Crippen LogP contribution in [-0.2, 0) is 34.6 Å². The van der Waals surface area contributed by atoms with E-state index in [1.54, 1.807) is 27.3 Å². The van der Waals surface area contributed by atoms with Crippen molar-refractivity contribution >= 4 is 80.4 Å². The maximum absolute atomic E-state index is 11.6. The molecule has 1 fully saturated rings. The Hall–Kier alpha value is -4.74. The van der Waals surface area contributed by atoms with Crippen LogP contribution in [0.3, 0.4) is 0 Å². The number of rotatable bonds is 20. The molecule has 3 aliphatic rings. The lowest BCUT2D eigenvalue weighted by atomic mass is 9.88. The number of fused-ring (bicyclic) bond motifs is 3. The Morgan fingerprint density at radius 3 is 2.33 bits per heavy atom. The van der Waals surface area contributed by atoms with Gasteiger partial charge in [0.1, 0.15) is 11.9 Å². The Kier molecular flexibility index (Phi) is 22.7. The number of carbonyl (C=O) groups is 2. The number of benzene rings is 3. The Morgan fingerprint density at radius 2 is 1.68 bits per heavy atom. The molecule has 4 N–H and O–H groups in total. The van der Waals surface area contributed by atoms with Crippen molar-refractivity contribution in [2.24, 2.45) is 23.7 Å². The summed E-state index contributed by atoms with van der Waals surface area (Å²) in [5.41, 5.74) is 25.5. The predicted molar refractivity (Wildman–Crippen MR) is 314 cm³/mol. The maximum atomic E-state index is 11.6. The Labute approximate surface area is 449 Å². The van der Waals surface area contributed by atoms with Crippen molar-refractivity contribution in [3.8, 4) is 11.1 Å². The highest BCUT2D eigenvalue weighted by molar-refractivity contribution is 14.2. The average Bonchev–Trinajstić information content (AvgIpc) is 3.98. The van der Waals surface area contributed by atoms with Crippen molar-refractivity contribution in [2.75, 3.05) is 55.6 Å². The number of likely N-dealkylation sites (tertiary alicyclic amines) is 1. The summed E-state index contributed by atoms with van der Waals surface area (Å²) in [5.74, 6) is 1.46. The molecule has 3 unspecified atom stereocenters. The molecule has 0 saturated carbocycles. The second-order valence-electron chi connectivity index (χ2n) is 19.4. The summed E-state index contributed by atoms with van der Waals surface area (Å²) in [7, 11) is 7.45. The zero-order chi connectivity index (χ0) is 52.4. The van der Waals surface area contributed by atoms with E-state index in [0.717, 1.165) is 104 Å². The molecule has 16 heteroatoms. The fourth-order valence-corrected chi connectivity index (χ4v) is 11.8. The number of carbonyl (C=O) groups excluding carboxylic acids is 2. The van der Waals surface area contributed by atoms with Crippen LogP contribution < -0.4 is 31.4 Å². The van der Waals surface area contributed by atoms with Crippen LogP contribution >= 0.6 is 28.4 Å². The van der Waals surface area contributed by atoms with Gasteiger partial charge in [-0.3, -0.25) is 19.5 Å². The lowest BCUT2D eigenvalue weighted by Crippen LogP contribution is -2.47. The second-order valence-corrected chi connectivity index (χ2v) is 21.4. The summed E-state index contributed by atoms with van der Waals surface area (Å²) in [4.78, 5) is 47.0. The third-order valence-electron chi connectivity index (χ3n) is 14.4. The monoisotopic (exact) mass is 1130 g/mol. The van der Waals surface area contributed by atoms with E-state index in [1.165, 1.54) is 64.7 Å². The molecule has 0 radical (unpaired) electrons. The van der Waals surface area contributed by atoms with Crippen molar-refractivity contribution in [3.05, 3.63) is 113 Å². The minimum atomic E-state index is -0.107. The zero-order valence-electron chi connectivity index (χ0n) is 44.7. The van der Waals surface area contributed by atoms with Crippen molar-refractivity contribution in [3.63, 3.8) is 0 Å². The van der Waals surface area contributed by atoms with E-state index in [2.05, 4.69) is 145 Å². The minimum absolute atomic E-state index is 0.103. The van der Waals surface area contributed by atoms with Crippen LogP contribution in [0.15, 0.2) is 90.2 Å². The van der Waals surface area contributed by atoms with Crippen LogP contribution in [0, 0.1) is 5.92 Å². The van der Waals surface area contributed by atoms with Gasteiger partial charge in [0.2, 0.25) is 0 Å². The largest absolute Gasteiger partial charge is 0.404 e. The average molecular weight is 1130 g/mol. The summed E-state index contributed by atoms with van der Waals surface area (Å²) in [6.07, 6.45) is 16.7. The molecular formula is C57H80IN10O4P. The molecule has 0 amide bonds. The van der Waals surface area contributed by atoms with Gasteiger partial charge < -0.3 is 24.8 Å². The fourth-order valence-electron chi connectivity index (χ4n) is 10.1.